The van der Waals surface area contributed by atoms with E-state index in [9.17, 15) is 14.7 Å². The van der Waals surface area contributed by atoms with Gasteiger partial charge in [0.25, 0.3) is 5.91 Å². The van der Waals surface area contributed by atoms with Gasteiger partial charge in [-0.3, -0.25) is 9.48 Å². The number of aromatic carboxylic acids is 1. The van der Waals surface area contributed by atoms with Crippen molar-refractivity contribution < 1.29 is 14.7 Å². The van der Waals surface area contributed by atoms with Crippen LogP contribution in [0.1, 0.15) is 43.7 Å². The fraction of sp³-hybridized carbons (Fsp3) is 0.211. The van der Waals surface area contributed by atoms with Crippen LogP contribution in [0.4, 0.5) is 0 Å². The summed E-state index contributed by atoms with van der Waals surface area (Å²) in [7, 11) is 0. The quantitative estimate of drug-likeness (QED) is 0.635. The summed E-state index contributed by atoms with van der Waals surface area (Å²) >= 11 is 0. The molecule has 2 heterocycles. The van der Waals surface area contributed by atoms with E-state index >= 15 is 0 Å². The van der Waals surface area contributed by atoms with Crippen LogP contribution >= 0.6 is 0 Å². The topological polar surface area (TPSA) is 100 Å². The van der Waals surface area contributed by atoms with Crippen LogP contribution in [-0.2, 0) is 6.54 Å². The Balaban J connectivity index is 1.88. The highest BCUT2D eigenvalue weighted by Gasteiger charge is 2.24. The molecule has 3 aromatic rings. The lowest BCUT2D eigenvalue weighted by molar-refractivity contribution is 0.0695. The Kier molecular flexibility index (Phi) is 4.88. The van der Waals surface area contributed by atoms with E-state index in [1.54, 1.807) is 24.7 Å². The molecule has 0 saturated carbocycles. The van der Waals surface area contributed by atoms with Crippen molar-refractivity contribution in [2.24, 2.45) is 0 Å². The molecule has 7 nitrogen and oxygen atoms in total. The number of carbonyl (C=O) groups is 2. The first-order valence-electron chi connectivity index (χ1n) is 8.23. The van der Waals surface area contributed by atoms with Crippen LogP contribution in [0.5, 0.6) is 0 Å². The van der Waals surface area contributed by atoms with E-state index in [2.05, 4.69) is 15.4 Å². The predicted octanol–water partition coefficient (Wildman–Crippen LogP) is 2.70. The van der Waals surface area contributed by atoms with Crippen molar-refractivity contribution >= 4 is 11.9 Å². The molecule has 0 aliphatic heterocycles. The first-order chi connectivity index (χ1) is 12.5. The lowest BCUT2D eigenvalue weighted by atomic mass is 10.1. The zero-order chi connectivity index (χ0) is 18.7. The zero-order valence-electron chi connectivity index (χ0n) is 14.6. The van der Waals surface area contributed by atoms with Crippen LogP contribution in [-0.4, -0.2) is 31.7 Å². The van der Waals surface area contributed by atoms with Gasteiger partial charge in [-0.2, -0.15) is 5.10 Å². The number of nitrogens with one attached hydrogen (secondary N) is 2. The van der Waals surface area contributed by atoms with Gasteiger partial charge in [0.1, 0.15) is 5.69 Å². The average molecular weight is 352 g/mol. The standard InChI is InChI=1S/C19H20N4O3/c1-12-16(19(25)26)13(2)21-17(12)18(24)22-15(11-23-10-6-9-20-23)14-7-4-3-5-8-14/h3-10,15,21H,11H2,1-2H3,(H,22,24)(H,25,26). The summed E-state index contributed by atoms with van der Waals surface area (Å²) in [6.07, 6.45) is 3.51. The Morgan fingerprint density at radius 2 is 1.96 bits per heavy atom. The Bertz CT molecular complexity index is 914. The number of carboxylic acids is 1. The van der Waals surface area contributed by atoms with Gasteiger partial charge in [-0.05, 0) is 31.0 Å². The molecule has 134 valence electrons. The number of rotatable bonds is 6. The fourth-order valence-corrected chi connectivity index (χ4v) is 3.04. The van der Waals surface area contributed by atoms with E-state index < -0.39 is 5.97 Å². The summed E-state index contributed by atoms with van der Waals surface area (Å²) in [5.74, 6) is -1.40. The Morgan fingerprint density at radius 1 is 1.23 bits per heavy atom. The van der Waals surface area contributed by atoms with Gasteiger partial charge in [0.15, 0.2) is 0 Å². The van der Waals surface area contributed by atoms with Crippen molar-refractivity contribution in [3.63, 3.8) is 0 Å². The molecule has 1 unspecified atom stereocenters. The molecule has 26 heavy (non-hydrogen) atoms. The van der Waals surface area contributed by atoms with E-state index in [4.69, 9.17) is 0 Å². The molecule has 1 atom stereocenters. The second-order valence-corrected chi connectivity index (χ2v) is 6.09. The van der Waals surface area contributed by atoms with Crippen molar-refractivity contribution in [2.45, 2.75) is 26.4 Å². The summed E-state index contributed by atoms with van der Waals surface area (Å²) in [5, 5.41) is 16.5. The maximum absolute atomic E-state index is 12.8. The first-order valence-corrected chi connectivity index (χ1v) is 8.23. The third-order valence-electron chi connectivity index (χ3n) is 4.31. The van der Waals surface area contributed by atoms with E-state index in [-0.39, 0.29) is 23.2 Å². The minimum absolute atomic E-state index is 0.137. The number of nitrogens with zero attached hydrogens (tertiary/aromatic N) is 2. The number of amides is 1. The largest absolute Gasteiger partial charge is 0.478 e. The first kappa shape index (κ1) is 17.5. The number of H-pyrrole nitrogens is 1. The van der Waals surface area contributed by atoms with Crippen LogP contribution in [0, 0.1) is 13.8 Å². The molecule has 0 aliphatic rings. The summed E-state index contributed by atoms with van der Waals surface area (Å²) in [5.41, 5.74) is 2.23. The zero-order valence-corrected chi connectivity index (χ0v) is 14.6. The Hall–Kier alpha value is -3.35. The Labute approximate surface area is 150 Å². The second-order valence-electron chi connectivity index (χ2n) is 6.09. The van der Waals surface area contributed by atoms with Gasteiger partial charge in [-0.25, -0.2) is 4.79 Å². The van der Waals surface area contributed by atoms with Crippen molar-refractivity contribution in [2.75, 3.05) is 0 Å². The van der Waals surface area contributed by atoms with Gasteiger partial charge in [0, 0.05) is 18.1 Å². The summed E-state index contributed by atoms with van der Waals surface area (Å²) < 4.78 is 1.74. The lowest BCUT2D eigenvalue weighted by Gasteiger charge is -2.19. The van der Waals surface area contributed by atoms with Crippen molar-refractivity contribution in [3.05, 3.63) is 76.9 Å². The molecular weight excluding hydrogens is 332 g/mol. The SMILES string of the molecule is Cc1[nH]c(C(=O)NC(Cn2cccn2)c2ccccc2)c(C)c1C(=O)O. The van der Waals surface area contributed by atoms with E-state index in [0.717, 1.165) is 5.56 Å². The number of carboxylic acid groups (broad SMARTS) is 1. The minimum Gasteiger partial charge on any atom is -0.478 e. The normalized spacial score (nSPS) is 11.9. The number of aromatic nitrogens is 3. The molecule has 3 rings (SSSR count). The second kappa shape index (κ2) is 7.26. The minimum atomic E-state index is -1.05. The van der Waals surface area contributed by atoms with Crippen LogP contribution in [0.15, 0.2) is 48.8 Å². The highest BCUT2D eigenvalue weighted by Crippen LogP contribution is 2.20. The molecule has 0 saturated heterocycles. The van der Waals surface area contributed by atoms with E-state index in [1.807, 2.05) is 42.6 Å². The van der Waals surface area contributed by atoms with Gasteiger partial charge in [0.2, 0.25) is 0 Å². The molecule has 2 aromatic heterocycles. The number of aromatic amines is 1. The predicted molar refractivity (Wildman–Crippen MR) is 96.1 cm³/mol. The van der Waals surface area contributed by atoms with Crippen LogP contribution in [0.3, 0.4) is 0 Å². The van der Waals surface area contributed by atoms with Crippen LogP contribution < -0.4 is 5.32 Å². The smallest absolute Gasteiger partial charge is 0.337 e. The van der Waals surface area contributed by atoms with Crippen molar-refractivity contribution in [3.8, 4) is 0 Å². The molecule has 1 amide bonds. The van der Waals surface area contributed by atoms with Gasteiger partial charge in [-0.15, -0.1) is 0 Å². The highest BCUT2D eigenvalue weighted by molar-refractivity contribution is 6.00. The van der Waals surface area contributed by atoms with Crippen molar-refractivity contribution in [1.82, 2.24) is 20.1 Å². The third kappa shape index (κ3) is 3.51. The van der Waals surface area contributed by atoms with Gasteiger partial charge >= 0.3 is 5.97 Å². The molecule has 0 bridgehead atoms. The summed E-state index contributed by atoms with van der Waals surface area (Å²) in [4.78, 5) is 27.1. The third-order valence-corrected chi connectivity index (χ3v) is 4.31. The monoisotopic (exact) mass is 352 g/mol. The van der Waals surface area contributed by atoms with Gasteiger partial charge in [-0.1, -0.05) is 30.3 Å². The molecule has 3 N–H and O–H groups in total. The van der Waals surface area contributed by atoms with Crippen molar-refractivity contribution in [1.29, 1.82) is 0 Å². The van der Waals surface area contributed by atoms with E-state index in [1.165, 1.54) is 0 Å². The summed E-state index contributed by atoms with van der Waals surface area (Å²) in [6, 6.07) is 11.1. The van der Waals surface area contributed by atoms with Crippen LogP contribution in [0.2, 0.25) is 0 Å². The van der Waals surface area contributed by atoms with Gasteiger partial charge < -0.3 is 15.4 Å². The fourth-order valence-electron chi connectivity index (χ4n) is 3.04. The molecule has 0 fully saturated rings. The number of hydrogen-bond acceptors (Lipinski definition) is 3. The molecule has 1 aromatic carbocycles. The maximum Gasteiger partial charge on any atom is 0.337 e. The maximum atomic E-state index is 12.8. The molecule has 7 heteroatoms. The highest BCUT2D eigenvalue weighted by atomic mass is 16.4. The molecular formula is C19H20N4O3. The van der Waals surface area contributed by atoms with E-state index in [0.29, 0.717) is 17.8 Å². The molecule has 0 spiro atoms. The average Bonchev–Trinajstić information content (AvgIpc) is 3.22. The number of benzene rings is 1. The number of carbonyl (C=O) groups excluding carboxylic acids is 1. The Morgan fingerprint density at radius 3 is 2.54 bits per heavy atom. The lowest BCUT2D eigenvalue weighted by Crippen LogP contribution is -2.32. The molecule has 0 aliphatic carbocycles. The van der Waals surface area contributed by atoms with Gasteiger partial charge in [0.05, 0.1) is 18.2 Å². The van der Waals surface area contributed by atoms with Crippen LogP contribution in [0.25, 0.3) is 0 Å². The molecule has 0 radical (unpaired) electrons. The number of hydrogen-bond donors (Lipinski definition) is 3. The number of aryl methyl sites for hydroxylation is 1. The summed E-state index contributed by atoms with van der Waals surface area (Å²) in [6.45, 7) is 3.74.